The minimum atomic E-state index is -0.665. The van der Waals surface area contributed by atoms with Crippen LogP contribution in [-0.2, 0) is 15.0 Å². The molecule has 0 radical (unpaired) electrons. The summed E-state index contributed by atoms with van der Waals surface area (Å²) in [6.45, 7) is 13.6. The summed E-state index contributed by atoms with van der Waals surface area (Å²) < 4.78 is 11.4. The van der Waals surface area contributed by atoms with Crippen molar-refractivity contribution < 1.29 is 24.2 Å². The quantitative estimate of drug-likeness (QED) is 0.271. The van der Waals surface area contributed by atoms with E-state index in [1.54, 1.807) is 11.0 Å². The highest BCUT2D eigenvalue weighted by Gasteiger charge is 2.45. The van der Waals surface area contributed by atoms with E-state index in [-0.39, 0.29) is 16.7 Å². The number of unbranched alkanes of at least 4 members (excludes halogenated alkanes) is 1. The monoisotopic (exact) mass is 479 g/mol. The van der Waals surface area contributed by atoms with Crippen LogP contribution in [0.3, 0.4) is 0 Å². The number of hydrogen-bond donors (Lipinski definition) is 1. The minimum Gasteiger partial charge on any atom is -0.507 e. The molecule has 0 saturated carbocycles. The average Bonchev–Trinajstić information content (AvgIpc) is 3.07. The van der Waals surface area contributed by atoms with Gasteiger partial charge in [0, 0.05) is 17.7 Å². The maximum Gasteiger partial charge on any atom is 0.295 e. The number of carbonyl (C=O) groups is 2. The predicted molar refractivity (Wildman–Crippen MR) is 138 cm³/mol. The number of aliphatic hydroxyl groups is 1. The van der Waals surface area contributed by atoms with Gasteiger partial charge in [-0.2, -0.15) is 0 Å². The highest BCUT2D eigenvalue weighted by atomic mass is 16.5. The van der Waals surface area contributed by atoms with Gasteiger partial charge in [0.2, 0.25) is 0 Å². The zero-order valence-electron chi connectivity index (χ0n) is 21.7. The second kappa shape index (κ2) is 11.0. The molecule has 3 rings (SSSR count). The lowest BCUT2D eigenvalue weighted by Gasteiger charge is -2.26. The van der Waals surface area contributed by atoms with Gasteiger partial charge in [-0.3, -0.25) is 9.59 Å². The summed E-state index contributed by atoms with van der Waals surface area (Å²) in [6, 6.07) is 12.1. The number of amides is 1. The van der Waals surface area contributed by atoms with Crippen molar-refractivity contribution in [2.24, 2.45) is 0 Å². The van der Waals surface area contributed by atoms with Gasteiger partial charge in [0.1, 0.15) is 17.3 Å². The van der Waals surface area contributed by atoms with Crippen molar-refractivity contribution in [3.8, 4) is 11.5 Å². The summed E-state index contributed by atoms with van der Waals surface area (Å²) in [5.41, 5.74) is 2.03. The number of aliphatic hydroxyl groups excluding tert-OH is 1. The lowest BCUT2D eigenvalue weighted by Crippen LogP contribution is -2.30. The largest absolute Gasteiger partial charge is 0.507 e. The fraction of sp³-hybridized carbons (Fsp3) is 0.448. The summed E-state index contributed by atoms with van der Waals surface area (Å²) in [5, 5.41) is 11.4. The molecule has 1 amide bonds. The normalized spacial score (nSPS) is 17.7. The third kappa shape index (κ3) is 5.53. The number of carbonyl (C=O) groups excluding carboxylic acids is 2. The lowest BCUT2D eigenvalue weighted by atomic mass is 9.84. The molecular weight excluding hydrogens is 442 g/mol. The first kappa shape index (κ1) is 26.3. The molecule has 2 aromatic carbocycles. The zero-order chi connectivity index (χ0) is 25.8. The lowest BCUT2D eigenvalue weighted by molar-refractivity contribution is -0.139. The molecule has 1 heterocycles. The molecule has 1 aliphatic rings. The number of rotatable bonds is 9. The number of likely N-dealkylation sites (tertiary alicyclic amines) is 1. The Morgan fingerprint density at radius 2 is 1.63 bits per heavy atom. The predicted octanol–water partition coefficient (Wildman–Crippen LogP) is 6.00. The van der Waals surface area contributed by atoms with Crippen LogP contribution in [0.25, 0.3) is 5.76 Å². The van der Waals surface area contributed by atoms with Crippen molar-refractivity contribution in [3.63, 3.8) is 0 Å². The Labute approximate surface area is 208 Å². The minimum absolute atomic E-state index is 0.110. The number of benzene rings is 2. The number of ether oxygens (including phenoxy) is 2. The molecule has 1 atom stereocenters. The van der Waals surface area contributed by atoms with Gasteiger partial charge >= 0.3 is 0 Å². The van der Waals surface area contributed by atoms with E-state index < -0.39 is 17.7 Å². The van der Waals surface area contributed by atoms with Gasteiger partial charge in [0.25, 0.3) is 11.7 Å². The van der Waals surface area contributed by atoms with Crippen molar-refractivity contribution >= 4 is 17.4 Å². The zero-order valence-corrected chi connectivity index (χ0v) is 21.7. The van der Waals surface area contributed by atoms with Crippen molar-refractivity contribution in [1.29, 1.82) is 0 Å². The Hall–Kier alpha value is -3.28. The molecule has 0 aromatic heterocycles. The number of hydrogen-bond acceptors (Lipinski definition) is 5. The van der Waals surface area contributed by atoms with Crippen LogP contribution in [0.4, 0.5) is 0 Å². The number of Topliss-reactive ketones (excluding diaryl/α,β-unsaturated/α-hetero) is 1. The Morgan fingerprint density at radius 1 is 0.971 bits per heavy atom. The summed E-state index contributed by atoms with van der Waals surface area (Å²) in [4.78, 5) is 27.9. The van der Waals surface area contributed by atoms with E-state index in [1.165, 1.54) is 0 Å². The summed E-state index contributed by atoms with van der Waals surface area (Å²) >= 11 is 0. The molecule has 0 aliphatic carbocycles. The summed E-state index contributed by atoms with van der Waals surface area (Å²) in [5.74, 6) is 0.0328. The van der Waals surface area contributed by atoms with E-state index in [4.69, 9.17) is 9.47 Å². The molecule has 35 heavy (non-hydrogen) atoms. The van der Waals surface area contributed by atoms with Gasteiger partial charge in [0.15, 0.2) is 0 Å². The highest BCUT2D eigenvalue weighted by molar-refractivity contribution is 6.46. The fourth-order valence-corrected chi connectivity index (χ4v) is 4.40. The van der Waals surface area contributed by atoms with Gasteiger partial charge in [-0.15, -0.1) is 0 Å². The second-order valence-corrected chi connectivity index (χ2v) is 9.74. The summed E-state index contributed by atoms with van der Waals surface area (Å²) in [7, 11) is 0. The van der Waals surface area contributed by atoms with Crippen molar-refractivity contribution in [2.75, 3.05) is 19.8 Å². The van der Waals surface area contributed by atoms with Crippen LogP contribution in [0, 0.1) is 0 Å². The van der Waals surface area contributed by atoms with E-state index in [9.17, 15) is 14.7 Å². The van der Waals surface area contributed by atoms with Crippen LogP contribution >= 0.6 is 0 Å². The third-order valence-corrected chi connectivity index (χ3v) is 6.16. The average molecular weight is 480 g/mol. The van der Waals surface area contributed by atoms with E-state index in [0.717, 1.165) is 29.7 Å². The van der Waals surface area contributed by atoms with Crippen molar-refractivity contribution in [1.82, 2.24) is 4.90 Å². The van der Waals surface area contributed by atoms with Crippen LogP contribution in [-0.4, -0.2) is 41.5 Å². The molecule has 2 aromatic rings. The van der Waals surface area contributed by atoms with Crippen LogP contribution < -0.4 is 9.47 Å². The van der Waals surface area contributed by atoms with Gasteiger partial charge in [0.05, 0.1) is 24.8 Å². The number of ketones is 1. The highest BCUT2D eigenvalue weighted by Crippen LogP contribution is 2.41. The Bertz CT molecular complexity index is 1100. The Kier molecular flexibility index (Phi) is 8.26. The maximum atomic E-state index is 13.2. The van der Waals surface area contributed by atoms with E-state index in [1.807, 2.05) is 57.2 Å². The molecule has 1 saturated heterocycles. The molecule has 1 N–H and O–H groups in total. The standard InChI is InChI=1S/C29H37NO5/c1-7-10-17-30-25(19-11-14-21(15-12-19)34-8-2)24(27(32)28(30)33)26(31)20-13-16-23(35-9-3)22(18-20)29(4,5)6/h11-16,18,25,31H,7-10,17H2,1-6H3/b26-24-. The first-order chi connectivity index (χ1) is 16.6. The first-order valence-electron chi connectivity index (χ1n) is 12.4. The van der Waals surface area contributed by atoms with Crippen molar-refractivity contribution in [3.05, 3.63) is 64.7 Å². The molecule has 6 nitrogen and oxygen atoms in total. The van der Waals surface area contributed by atoms with Gasteiger partial charge in [-0.25, -0.2) is 0 Å². The van der Waals surface area contributed by atoms with Crippen LogP contribution in [0.1, 0.15) is 77.1 Å². The third-order valence-electron chi connectivity index (χ3n) is 6.16. The molecule has 1 fully saturated rings. The van der Waals surface area contributed by atoms with Gasteiger partial charge in [-0.05, 0) is 61.6 Å². The second-order valence-electron chi connectivity index (χ2n) is 9.74. The molecule has 6 heteroatoms. The van der Waals surface area contributed by atoms with Gasteiger partial charge in [-0.1, -0.05) is 46.2 Å². The maximum absolute atomic E-state index is 13.2. The summed E-state index contributed by atoms with van der Waals surface area (Å²) in [6.07, 6.45) is 1.64. The Morgan fingerprint density at radius 3 is 2.20 bits per heavy atom. The molecule has 1 aliphatic heterocycles. The number of nitrogens with zero attached hydrogens (tertiary/aromatic N) is 1. The Balaban J connectivity index is 2.17. The first-order valence-corrected chi connectivity index (χ1v) is 12.4. The van der Waals surface area contributed by atoms with E-state index in [2.05, 4.69) is 20.8 Å². The SMILES string of the molecule is CCCCN1C(=O)C(=O)/C(=C(\O)c2ccc(OCC)c(C(C)(C)C)c2)C1c1ccc(OCC)cc1. The molecule has 188 valence electrons. The molecule has 1 unspecified atom stereocenters. The van der Waals surface area contributed by atoms with E-state index >= 15 is 0 Å². The molecule has 0 bridgehead atoms. The van der Waals surface area contributed by atoms with Crippen molar-refractivity contribution in [2.45, 2.75) is 65.8 Å². The molecular formula is C29H37NO5. The van der Waals surface area contributed by atoms with Crippen LogP contribution in [0.2, 0.25) is 0 Å². The smallest absolute Gasteiger partial charge is 0.295 e. The van der Waals surface area contributed by atoms with Crippen LogP contribution in [0.5, 0.6) is 11.5 Å². The molecule has 0 spiro atoms. The van der Waals surface area contributed by atoms with Gasteiger partial charge < -0.3 is 19.5 Å². The topological polar surface area (TPSA) is 76.1 Å². The van der Waals surface area contributed by atoms with E-state index in [0.29, 0.717) is 31.1 Å². The van der Waals surface area contributed by atoms with Crippen LogP contribution in [0.15, 0.2) is 48.0 Å². The fourth-order valence-electron chi connectivity index (χ4n) is 4.40.